The number of hydrogen-bond acceptors (Lipinski definition) is 2. The first-order chi connectivity index (χ1) is 4.33. The molecule has 1 heterocycles. The fraction of sp³-hybridized carbons (Fsp3) is 0.333. The fourth-order valence-electron chi connectivity index (χ4n) is 0.615. The molecule has 50 valence electrons. The quantitative estimate of drug-likeness (QED) is 0.530. The average molecular weight is 146 g/mol. The van der Waals surface area contributed by atoms with Crippen LogP contribution in [0.5, 0.6) is 0 Å². The highest BCUT2D eigenvalue weighted by Gasteiger charge is 1.99. The molecule has 0 amide bonds. The van der Waals surface area contributed by atoms with Crippen molar-refractivity contribution in [2.45, 2.75) is 0 Å². The van der Waals surface area contributed by atoms with Gasteiger partial charge in [0.2, 0.25) is 0 Å². The summed E-state index contributed by atoms with van der Waals surface area (Å²) in [6, 6.07) is 0. The number of hydrogen-bond donors (Lipinski definition) is 2. The van der Waals surface area contributed by atoms with Crippen LogP contribution in [0.2, 0.25) is 0 Å². The molecule has 9 heavy (non-hydrogen) atoms. The van der Waals surface area contributed by atoms with Crippen molar-refractivity contribution in [3.63, 3.8) is 0 Å². The zero-order valence-electron chi connectivity index (χ0n) is 4.89. The first-order valence-corrected chi connectivity index (χ1v) is 3.10. The van der Waals surface area contributed by atoms with Crippen LogP contribution in [-0.2, 0) is 0 Å². The summed E-state index contributed by atoms with van der Waals surface area (Å²) in [6.07, 6.45) is 3.55. The highest BCUT2D eigenvalue weighted by molar-refractivity contribution is 6.29. The lowest BCUT2D eigenvalue weighted by molar-refractivity contribution is 0.327. The second-order valence-corrected chi connectivity index (χ2v) is 2.26. The summed E-state index contributed by atoms with van der Waals surface area (Å²) in [4.78, 5) is 0. The van der Waals surface area contributed by atoms with E-state index in [0.29, 0.717) is 11.7 Å². The van der Waals surface area contributed by atoms with Crippen LogP contribution in [0.25, 0.3) is 0 Å². The van der Waals surface area contributed by atoms with E-state index in [4.69, 9.17) is 16.7 Å². The largest absolute Gasteiger partial charge is 0.392 e. The number of aliphatic hydroxyl groups is 1. The number of dihydropyridines is 1. The average Bonchev–Trinajstić information content (AvgIpc) is 1.90. The van der Waals surface area contributed by atoms with Crippen molar-refractivity contribution in [3.05, 3.63) is 22.9 Å². The maximum Gasteiger partial charge on any atom is 0.102 e. The van der Waals surface area contributed by atoms with Gasteiger partial charge in [0.15, 0.2) is 0 Å². The molecule has 0 saturated heterocycles. The van der Waals surface area contributed by atoms with E-state index < -0.39 is 0 Å². The molecule has 3 heteroatoms. The molecule has 2 N–H and O–H groups in total. The predicted molar refractivity (Wildman–Crippen MR) is 37.1 cm³/mol. The molecule has 0 aromatic carbocycles. The van der Waals surface area contributed by atoms with Crippen molar-refractivity contribution < 1.29 is 5.11 Å². The van der Waals surface area contributed by atoms with E-state index in [-0.39, 0.29) is 6.61 Å². The molecule has 1 aliphatic heterocycles. The van der Waals surface area contributed by atoms with Crippen LogP contribution in [0.4, 0.5) is 0 Å². The van der Waals surface area contributed by atoms with Gasteiger partial charge in [-0.1, -0.05) is 17.7 Å². The smallest absolute Gasteiger partial charge is 0.102 e. The Bertz CT molecular complexity index is 162. The summed E-state index contributed by atoms with van der Waals surface area (Å²) in [7, 11) is 0. The second kappa shape index (κ2) is 2.90. The minimum atomic E-state index is 0.105. The van der Waals surface area contributed by atoms with E-state index in [1.54, 1.807) is 6.08 Å². The zero-order valence-corrected chi connectivity index (χ0v) is 5.65. The van der Waals surface area contributed by atoms with E-state index in [1.165, 1.54) is 0 Å². The van der Waals surface area contributed by atoms with E-state index >= 15 is 0 Å². The van der Waals surface area contributed by atoms with Gasteiger partial charge in [-0.25, -0.2) is 0 Å². The lowest BCUT2D eigenvalue weighted by atomic mass is 10.2. The van der Waals surface area contributed by atoms with Crippen LogP contribution >= 0.6 is 11.6 Å². The van der Waals surface area contributed by atoms with Crippen LogP contribution in [-0.4, -0.2) is 18.3 Å². The monoisotopic (exact) mass is 145 g/mol. The summed E-state index contributed by atoms with van der Waals surface area (Å²) in [5.74, 6) is 0. The molecule has 0 saturated carbocycles. The van der Waals surface area contributed by atoms with Gasteiger partial charge in [0.1, 0.15) is 5.16 Å². The van der Waals surface area contributed by atoms with Crippen LogP contribution in [0.15, 0.2) is 22.9 Å². The Morgan fingerprint density at radius 1 is 1.67 bits per heavy atom. The minimum Gasteiger partial charge on any atom is -0.392 e. The Morgan fingerprint density at radius 3 is 2.89 bits per heavy atom. The lowest BCUT2D eigenvalue weighted by Gasteiger charge is -2.09. The summed E-state index contributed by atoms with van der Waals surface area (Å²) < 4.78 is 0. The van der Waals surface area contributed by atoms with Gasteiger partial charge >= 0.3 is 0 Å². The topological polar surface area (TPSA) is 32.3 Å². The maximum absolute atomic E-state index is 8.60. The van der Waals surface area contributed by atoms with Crippen LogP contribution in [0.1, 0.15) is 0 Å². The highest BCUT2D eigenvalue weighted by Crippen LogP contribution is 2.05. The van der Waals surface area contributed by atoms with Gasteiger partial charge in [-0.05, 0) is 11.6 Å². The second-order valence-electron chi connectivity index (χ2n) is 1.85. The van der Waals surface area contributed by atoms with Crippen molar-refractivity contribution in [1.82, 2.24) is 5.32 Å². The molecule has 0 fully saturated rings. The molecule has 0 unspecified atom stereocenters. The Balaban J connectivity index is 2.59. The normalized spacial score (nSPS) is 18.0. The number of rotatable bonds is 1. The molecule has 0 aliphatic carbocycles. The lowest BCUT2D eigenvalue weighted by Crippen LogP contribution is -2.18. The third kappa shape index (κ3) is 1.73. The molecule has 0 aromatic heterocycles. The van der Waals surface area contributed by atoms with Crippen molar-refractivity contribution in [1.29, 1.82) is 0 Å². The van der Waals surface area contributed by atoms with E-state index in [2.05, 4.69) is 5.32 Å². The summed E-state index contributed by atoms with van der Waals surface area (Å²) in [5, 5.41) is 12.1. The van der Waals surface area contributed by atoms with Gasteiger partial charge in [0, 0.05) is 6.54 Å². The Hall–Kier alpha value is -0.470. The molecule has 0 spiro atoms. The third-order valence-corrected chi connectivity index (χ3v) is 1.41. The van der Waals surface area contributed by atoms with Gasteiger partial charge in [0.05, 0.1) is 6.61 Å². The summed E-state index contributed by atoms with van der Waals surface area (Å²) in [5.41, 5.74) is 0.958. The zero-order chi connectivity index (χ0) is 6.69. The first-order valence-electron chi connectivity index (χ1n) is 2.73. The van der Waals surface area contributed by atoms with Crippen LogP contribution < -0.4 is 5.32 Å². The molecule has 0 atom stereocenters. The van der Waals surface area contributed by atoms with E-state index in [9.17, 15) is 0 Å². The first kappa shape index (κ1) is 6.65. The van der Waals surface area contributed by atoms with E-state index in [1.807, 2.05) is 6.08 Å². The standard InChI is InChI=1S/C6H8ClNO/c7-6-2-1-5(4-9)3-8-6/h1-2,8-9H,3-4H2. The molecule has 0 aromatic rings. The molecule has 1 aliphatic rings. The Labute approximate surface area is 58.8 Å². The molecule has 0 bridgehead atoms. The van der Waals surface area contributed by atoms with Gasteiger partial charge < -0.3 is 10.4 Å². The number of aliphatic hydroxyl groups excluding tert-OH is 1. The Morgan fingerprint density at radius 2 is 2.44 bits per heavy atom. The van der Waals surface area contributed by atoms with Crippen LogP contribution in [0.3, 0.4) is 0 Å². The van der Waals surface area contributed by atoms with Crippen molar-refractivity contribution >= 4 is 11.6 Å². The highest BCUT2D eigenvalue weighted by atomic mass is 35.5. The maximum atomic E-state index is 8.60. The SMILES string of the molecule is OCC1=CC=C(Cl)NC1. The van der Waals surface area contributed by atoms with Crippen molar-refractivity contribution in [3.8, 4) is 0 Å². The minimum absolute atomic E-state index is 0.105. The predicted octanol–water partition coefficient (Wildman–Crippen LogP) is 0.589. The van der Waals surface area contributed by atoms with Crippen LogP contribution in [0, 0.1) is 0 Å². The number of halogens is 1. The van der Waals surface area contributed by atoms with Gasteiger partial charge in [0.25, 0.3) is 0 Å². The molecular weight excluding hydrogens is 138 g/mol. The molecule has 2 nitrogen and oxygen atoms in total. The van der Waals surface area contributed by atoms with Gasteiger partial charge in [-0.3, -0.25) is 0 Å². The van der Waals surface area contributed by atoms with Crippen molar-refractivity contribution in [2.24, 2.45) is 0 Å². The van der Waals surface area contributed by atoms with Crippen molar-refractivity contribution in [2.75, 3.05) is 13.2 Å². The third-order valence-electron chi connectivity index (χ3n) is 1.15. The van der Waals surface area contributed by atoms with E-state index in [0.717, 1.165) is 5.57 Å². The molecular formula is C6H8ClNO. The number of allylic oxidation sites excluding steroid dienone is 2. The molecule has 0 radical (unpaired) electrons. The summed E-state index contributed by atoms with van der Waals surface area (Å²) in [6.45, 7) is 0.763. The number of nitrogens with one attached hydrogen (secondary N) is 1. The fourth-order valence-corrected chi connectivity index (χ4v) is 0.745. The summed E-state index contributed by atoms with van der Waals surface area (Å²) >= 11 is 5.56. The Kier molecular flexibility index (Phi) is 2.14. The molecule has 1 rings (SSSR count). The van der Waals surface area contributed by atoms with Gasteiger partial charge in [-0.2, -0.15) is 0 Å². The van der Waals surface area contributed by atoms with Gasteiger partial charge in [-0.15, -0.1) is 0 Å².